The van der Waals surface area contributed by atoms with Gasteiger partial charge < -0.3 is 9.47 Å². The molecule has 0 aromatic heterocycles. The molecule has 124 valence electrons. The number of halogens is 3. The molecule has 0 aliphatic heterocycles. The van der Waals surface area contributed by atoms with E-state index in [1.807, 2.05) is 0 Å². The van der Waals surface area contributed by atoms with Gasteiger partial charge in [0.05, 0.1) is 29.9 Å². The van der Waals surface area contributed by atoms with Crippen LogP contribution in [0.1, 0.15) is 36.8 Å². The second kappa shape index (κ2) is 7.51. The summed E-state index contributed by atoms with van der Waals surface area (Å²) >= 11 is 0. The van der Waals surface area contributed by atoms with Crippen molar-refractivity contribution in [3.05, 3.63) is 42.0 Å². The van der Waals surface area contributed by atoms with Gasteiger partial charge in [-0.2, -0.15) is 18.4 Å². The first-order valence-corrected chi connectivity index (χ1v) is 7.46. The zero-order valence-corrected chi connectivity index (χ0v) is 12.6. The largest absolute Gasteiger partial charge is 0.488 e. The van der Waals surface area contributed by atoms with Crippen LogP contribution >= 0.6 is 0 Å². The van der Waals surface area contributed by atoms with Gasteiger partial charge in [0.1, 0.15) is 11.9 Å². The van der Waals surface area contributed by atoms with Crippen LogP contribution in [0.3, 0.4) is 0 Å². The highest BCUT2D eigenvalue weighted by Crippen LogP contribution is 2.35. The van der Waals surface area contributed by atoms with E-state index in [4.69, 9.17) is 14.7 Å². The summed E-state index contributed by atoms with van der Waals surface area (Å²) in [5, 5.41) is 8.81. The molecule has 2 rings (SSSR count). The lowest BCUT2D eigenvalue weighted by molar-refractivity contribution is -0.138. The molecule has 0 saturated heterocycles. The molecule has 0 amide bonds. The number of benzene rings is 1. The number of nitrogens with zero attached hydrogens (tertiary/aromatic N) is 1. The van der Waals surface area contributed by atoms with Gasteiger partial charge in [0, 0.05) is 0 Å². The van der Waals surface area contributed by atoms with Crippen LogP contribution in [0, 0.1) is 11.3 Å². The summed E-state index contributed by atoms with van der Waals surface area (Å²) in [5.41, 5.74) is -1.38. The smallest absolute Gasteiger partial charge is 0.417 e. The molecule has 1 aliphatic rings. The summed E-state index contributed by atoms with van der Waals surface area (Å²) in [5.74, 6) is 0.107. The maximum Gasteiger partial charge on any atom is 0.417 e. The van der Waals surface area contributed by atoms with Crippen molar-refractivity contribution in [3.8, 4) is 11.8 Å². The number of alkyl halides is 3. The van der Waals surface area contributed by atoms with Crippen molar-refractivity contribution in [2.45, 2.75) is 44.1 Å². The lowest BCUT2D eigenvalue weighted by atomic mass is 9.94. The molecule has 1 saturated carbocycles. The zero-order valence-electron chi connectivity index (χ0n) is 12.6. The number of nitriles is 1. The molecule has 2 unspecified atom stereocenters. The van der Waals surface area contributed by atoms with Gasteiger partial charge in [-0.15, -0.1) is 6.58 Å². The lowest BCUT2D eigenvalue weighted by Gasteiger charge is -2.31. The van der Waals surface area contributed by atoms with E-state index in [2.05, 4.69) is 6.58 Å². The summed E-state index contributed by atoms with van der Waals surface area (Å²) in [6.07, 6.45) is 0.0724. The molecular weight excluding hydrogens is 307 g/mol. The highest BCUT2D eigenvalue weighted by molar-refractivity contribution is 5.44. The number of hydrogen-bond acceptors (Lipinski definition) is 3. The van der Waals surface area contributed by atoms with Crippen LogP contribution in [0.2, 0.25) is 0 Å². The number of hydrogen-bond donors (Lipinski definition) is 0. The first-order chi connectivity index (χ1) is 11.0. The molecule has 0 N–H and O–H groups in total. The summed E-state index contributed by atoms with van der Waals surface area (Å²) in [7, 11) is 0. The fourth-order valence-electron chi connectivity index (χ4n) is 2.68. The van der Waals surface area contributed by atoms with E-state index in [0.717, 1.165) is 37.8 Å². The van der Waals surface area contributed by atoms with Crippen molar-refractivity contribution in [1.29, 1.82) is 5.26 Å². The second-order valence-corrected chi connectivity index (χ2v) is 5.42. The molecule has 1 aromatic carbocycles. The molecule has 23 heavy (non-hydrogen) atoms. The van der Waals surface area contributed by atoms with Crippen LogP contribution in [-0.4, -0.2) is 18.8 Å². The fraction of sp³-hybridized carbons (Fsp3) is 0.471. The van der Waals surface area contributed by atoms with Crippen LogP contribution in [0.15, 0.2) is 30.9 Å². The molecule has 6 heteroatoms. The highest BCUT2D eigenvalue weighted by atomic mass is 19.4. The van der Waals surface area contributed by atoms with Gasteiger partial charge in [0.25, 0.3) is 0 Å². The third-order valence-corrected chi connectivity index (χ3v) is 3.77. The van der Waals surface area contributed by atoms with Crippen molar-refractivity contribution in [3.63, 3.8) is 0 Å². The van der Waals surface area contributed by atoms with Crippen molar-refractivity contribution in [2.24, 2.45) is 0 Å². The van der Waals surface area contributed by atoms with E-state index in [1.165, 1.54) is 6.07 Å². The topological polar surface area (TPSA) is 42.2 Å². The molecular formula is C17H18F3NO2. The van der Waals surface area contributed by atoms with Crippen molar-refractivity contribution < 1.29 is 22.6 Å². The van der Waals surface area contributed by atoms with E-state index in [-0.39, 0.29) is 18.0 Å². The first kappa shape index (κ1) is 17.4. The molecule has 2 atom stereocenters. The Morgan fingerprint density at radius 2 is 1.96 bits per heavy atom. The molecule has 0 radical (unpaired) electrons. The predicted octanol–water partition coefficient (Wildman–Crippen LogP) is 4.47. The van der Waals surface area contributed by atoms with Crippen LogP contribution in [0.4, 0.5) is 13.2 Å². The molecule has 0 bridgehead atoms. The number of ether oxygens (including phenoxy) is 2. The quantitative estimate of drug-likeness (QED) is 0.750. The maximum absolute atomic E-state index is 13.0. The lowest BCUT2D eigenvalue weighted by Crippen LogP contribution is -2.37. The Kier molecular flexibility index (Phi) is 5.67. The SMILES string of the molecule is C=CCOC1CCCCC1Oc1ccc(C#N)c(C(F)(F)F)c1. The van der Waals surface area contributed by atoms with Crippen LogP contribution in [-0.2, 0) is 10.9 Å². The van der Waals surface area contributed by atoms with Crippen molar-refractivity contribution in [2.75, 3.05) is 6.61 Å². The summed E-state index contributed by atoms with van der Waals surface area (Å²) in [4.78, 5) is 0. The van der Waals surface area contributed by atoms with Gasteiger partial charge in [-0.1, -0.05) is 12.5 Å². The Balaban J connectivity index is 2.18. The van der Waals surface area contributed by atoms with E-state index < -0.39 is 17.3 Å². The minimum atomic E-state index is -4.59. The zero-order chi connectivity index (χ0) is 16.9. The van der Waals surface area contributed by atoms with Gasteiger partial charge in [-0.3, -0.25) is 0 Å². The number of rotatable bonds is 5. The Hall–Kier alpha value is -2.00. The minimum Gasteiger partial charge on any atom is -0.488 e. The third kappa shape index (κ3) is 4.49. The van der Waals surface area contributed by atoms with Crippen LogP contribution in [0.25, 0.3) is 0 Å². The maximum atomic E-state index is 13.0. The van der Waals surface area contributed by atoms with Crippen molar-refractivity contribution >= 4 is 0 Å². The Bertz CT molecular complexity index is 592. The molecule has 1 aliphatic carbocycles. The van der Waals surface area contributed by atoms with E-state index >= 15 is 0 Å². The Morgan fingerprint density at radius 3 is 2.57 bits per heavy atom. The van der Waals surface area contributed by atoms with Gasteiger partial charge >= 0.3 is 6.18 Å². The van der Waals surface area contributed by atoms with E-state index in [1.54, 1.807) is 12.1 Å². The van der Waals surface area contributed by atoms with Crippen LogP contribution < -0.4 is 4.74 Å². The van der Waals surface area contributed by atoms with E-state index in [0.29, 0.717) is 6.61 Å². The molecule has 1 fully saturated rings. The minimum absolute atomic E-state index is 0.107. The second-order valence-electron chi connectivity index (χ2n) is 5.42. The average Bonchev–Trinajstić information content (AvgIpc) is 2.53. The Labute approximate surface area is 133 Å². The van der Waals surface area contributed by atoms with Gasteiger partial charge in [-0.05, 0) is 37.5 Å². The molecule has 0 heterocycles. The van der Waals surface area contributed by atoms with Crippen LogP contribution in [0.5, 0.6) is 5.75 Å². The normalized spacial score (nSPS) is 21.5. The third-order valence-electron chi connectivity index (χ3n) is 3.77. The molecule has 1 aromatic rings. The standard InChI is InChI=1S/C17H18F3NO2/c1-2-9-22-15-5-3-4-6-16(15)23-13-8-7-12(11-21)14(10-13)17(18,19)20/h2,7-8,10,15-16H,1,3-6,9H2. The first-order valence-electron chi connectivity index (χ1n) is 7.46. The van der Waals surface area contributed by atoms with Gasteiger partial charge in [0.15, 0.2) is 0 Å². The average molecular weight is 325 g/mol. The highest BCUT2D eigenvalue weighted by Gasteiger charge is 2.35. The summed E-state index contributed by atoms with van der Waals surface area (Å²) in [6, 6.07) is 4.98. The van der Waals surface area contributed by atoms with Crippen molar-refractivity contribution in [1.82, 2.24) is 0 Å². The summed E-state index contributed by atoms with van der Waals surface area (Å²) < 4.78 is 50.4. The monoisotopic (exact) mass is 325 g/mol. The summed E-state index contributed by atoms with van der Waals surface area (Å²) in [6.45, 7) is 3.97. The van der Waals surface area contributed by atoms with Gasteiger partial charge in [-0.25, -0.2) is 0 Å². The Morgan fingerprint density at radius 1 is 1.26 bits per heavy atom. The molecule has 0 spiro atoms. The van der Waals surface area contributed by atoms with E-state index in [9.17, 15) is 13.2 Å². The predicted molar refractivity (Wildman–Crippen MR) is 79.0 cm³/mol. The van der Waals surface area contributed by atoms with Gasteiger partial charge in [0.2, 0.25) is 0 Å². The fourth-order valence-corrected chi connectivity index (χ4v) is 2.68. The molecule has 3 nitrogen and oxygen atoms in total.